The third-order valence-corrected chi connectivity index (χ3v) is 5.05. The number of nitrogens with zero attached hydrogens (tertiary/aromatic N) is 4. The van der Waals surface area contributed by atoms with Gasteiger partial charge in [-0.15, -0.1) is 0 Å². The Morgan fingerprint density at radius 2 is 2.30 bits per heavy atom. The van der Waals surface area contributed by atoms with Gasteiger partial charge in [0.05, 0.1) is 11.3 Å². The highest BCUT2D eigenvalue weighted by molar-refractivity contribution is 7.98. The number of fused-ring (bicyclic) bond motifs is 1. The molecule has 0 atom stereocenters. The van der Waals surface area contributed by atoms with Gasteiger partial charge in [0.15, 0.2) is 5.16 Å². The van der Waals surface area contributed by atoms with Gasteiger partial charge in [0.25, 0.3) is 5.56 Å². The predicted molar refractivity (Wildman–Crippen MR) is 89.3 cm³/mol. The molecule has 0 bridgehead atoms. The molecule has 0 spiro atoms. The Bertz CT molecular complexity index is 845. The van der Waals surface area contributed by atoms with Crippen molar-refractivity contribution in [3.8, 4) is 6.07 Å². The third-order valence-electron chi connectivity index (χ3n) is 4.47. The van der Waals surface area contributed by atoms with E-state index in [0.717, 1.165) is 42.0 Å². The van der Waals surface area contributed by atoms with Crippen LogP contribution in [0.1, 0.15) is 28.2 Å². The fourth-order valence-corrected chi connectivity index (χ4v) is 3.36. The van der Waals surface area contributed by atoms with Gasteiger partial charge in [-0.3, -0.25) is 9.69 Å². The zero-order chi connectivity index (χ0) is 16.6. The number of hydrogen-bond acceptors (Lipinski definition) is 5. The molecule has 0 aromatic carbocycles. The second-order valence-corrected chi connectivity index (χ2v) is 6.57. The number of aromatic amines is 1. The first-order valence-corrected chi connectivity index (χ1v) is 8.69. The topological polar surface area (TPSA) is 77.7 Å². The largest absolute Gasteiger partial charge is 0.340 e. The van der Waals surface area contributed by atoms with Gasteiger partial charge in [-0.05, 0) is 24.8 Å². The molecule has 23 heavy (non-hydrogen) atoms. The summed E-state index contributed by atoms with van der Waals surface area (Å²) in [6.07, 6.45) is 2.69. The monoisotopic (exact) mass is 329 g/mol. The summed E-state index contributed by atoms with van der Waals surface area (Å²) >= 11 is 1.45. The molecule has 0 saturated carbocycles. The van der Waals surface area contributed by atoms with Gasteiger partial charge in [-0.2, -0.15) is 5.26 Å². The lowest BCUT2D eigenvalue weighted by molar-refractivity contribution is 0.240. The number of nitriles is 1. The van der Waals surface area contributed by atoms with Crippen LogP contribution in [0.5, 0.6) is 0 Å². The molecule has 0 unspecified atom stereocenters. The molecule has 0 amide bonds. The van der Waals surface area contributed by atoms with E-state index >= 15 is 0 Å². The lowest BCUT2D eigenvalue weighted by Gasteiger charge is -2.27. The van der Waals surface area contributed by atoms with Crippen LogP contribution in [-0.2, 0) is 26.6 Å². The van der Waals surface area contributed by atoms with E-state index in [-0.39, 0.29) is 5.56 Å². The highest BCUT2D eigenvalue weighted by atomic mass is 32.2. The van der Waals surface area contributed by atoms with E-state index in [0.29, 0.717) is 17.4 Å². The molecular formula is C16H19N5OS. The van der Waals surface area contributed by atoms with Crippen molar-refractivity contribution >= 4 is 11.8 Å². The molecule has 0 radical (unpaired) electrons. The summed E-state index contributed by atoms with van der Waals surface area (Å²) in [5, 5.41) is 9.82. The van der Waals surface area contributed by atoms with Crippen molar-refractivity contribution < 1.29 is 0 Å². The Labute approximate surface area is 139 Å². The van der Waals surface area contributed by atoms with Gasteiger partial charge in [0.1, 0.15) is 11.8 Å². The molecule has 0 aliphatic carbocycles. The molecule has 2 aromatic heterocycles. The smallest absolute Gasteiger partial charge is 0.256 e. The van der Waals surface area contributed by atoms with E-state index in [1.165, 1.54) is 11.8 Å². The number of rotatable bonds is 3. The summed E-state index contributed by atoms with van der Waals surface area (Å²) in [7, 11) is 1.90. The van der Waals surface area contributed by atoms with Crippen molar-refractivity contribution in [3.05, 3.63) is 44.6 Å². The Morgan fingerprint density at radius 3 is 2.96 bits per heavy atom. The number of aromatic nitrogens is 3. The van der Waals surface area contributed by atoms with E-state index in [9.17, 15) is 4.79 Å². The van der Waals surface area contributed by atoms with Gasteiger partial charge in [0.2, 0.25) is 0 Å². The van der Waals surface area contributed by atoms with Gasteiger partial charge < -0.3 is 9.55 Å². The summed E-state index contributed by atoms with van der Waals surface area (Å²) in [6.45, 7) is 4.23. The van der Waals surface area contributed by atoms with Gasteiger partial charge in [-0.25, -0.2) is 4.98 Å². The molecule has 3 rings (SSSR count). The van der Waals surface area contributed by atoms with Crippen LogP contribution in [0.3, 0.4) is 0 Å². The normalized spacial score (nSPS) is 14.5. The first-order chi connectivity index (χ1) is 11.0. The zero-order valence-electron chi connectivity index (χ0n) is 13.5. The lowest BCUT2D eigenvalue weighted by Crippen LogP contribution is -2.35. The van der Waals surface area contributed by atoms with Crippen LogP contribution in [0.15, 0.2) is 16.0 Å². The molecule has 0 fully saturated rings. The molecule has 7 heteroatoms. The van der Waals surface area contributed by atoms with Crippen molar-refractivity contribution in [3.63, 3.8) is 0 Å². The quantitative estimate of drug-likeness (QED) is 0.683. The van der Waals surface area contributed by atoms with Crippen molar-refractivity contribution in [2.24, 2.45) is 7.05 Å². The van der Waals surface area contributed by atoms with Crippen LogP contribution in [0, 0.1) is 18.3 Å². The van der Waals surface area contributed by atoms with Crippen LogP contribution in [0.4, 0.5) is 0 Å². The Morgan fingerprint density at radius 1 is 1.52 bits per heavy atom. The Hall–Kier alpha value is -2.04. The Balaban J connectivity index is 1.83. The Kier molecular flexibility index (Phi) is 4.28. The predicted octanol–water partition coefficient (Wildman–Crippen LogP) is 1.57. The minimum absolute atomic E-state index is 0.0356. The molecule has 1 aliphatic heterocycles. The summed E-state index contributed by atoms with van der Waals surface area (Å²) in [5.41, 5.74) is 4.54. The highest BCUT2D eigenvalue weighted by Gasteiger charge is 2.22. The molecule has 120 valence electrons. The first kappa shape index (κ1) is 15.8. The fourth-order valence-electron chi connectivity index (χ4n) is 2.96. The summed E-state index contributed by atoms with van der Waals surface area (Å²) in [4.78, 5) is 21.8. The maximum Gasteiger partial charge on any atom is 0.256 e. The fraction of sp³-hybridized carbons (Fsp3) is 0.438. The second kappa shape index (κ2) is 6.22. The van der Waals surface area contributed by atoms with Crippen LogP contribution >= 0.6 is 11.8 Å². The average molecular weight is 329 g/mol. The van der Waals surface area contributed by atoms with Crippen LogP contribution in [0.2, 0.25) is 0 Å². The second-order valence-electron chi connectivity index (χ2n) is 5.77. The third kappa shape index (κ3) is 2.92. The van der Waals surface area contributed by atoms with E-state index < -0.39 is 0 Å². The lowest BCUT2D eigenvalue weighted by atomic mass is 10.1. The van der Waals surface area contributed by atoms with E-state index in [1.807, 2.05) is 30.9 Å². The summed E-state index contributed by atoms with van der Waals surface area (Å²) in [6, 6.07) is 4.14. The maximum absolute atomic E-state index is 12.2. The van der Waals surface area contributed by atoms with Crippen LogP contribution in [-0.4, -0.2) is 32.2 Å². The zero-order valence-corrected chi connectivity index (χ0v) is 14.3. The van der Waals surface area contributed by atoms with E-state index in [4.69, 9.17) is 5.26 Å². The number of thioether (sulfide) groups is 1. The molecule has 0 saturated heterocycles. The van der Waals surface area contributed by atoms with E-state index in [1.54, 1.807) is 0 Å². The first-order valence-electron chi connectivity index (χ1n) is 7.47. The standard InChI is InChI=1S/C16H19N5OS/c1-10-11(6-12(7-17)20(10)2)8-21-5-4-14-13(9-21)15(22)19-16(18-14)23-3/h6H,4-5,8-9H2,1-3H3,(H,18,19,22). The molecule has 6 nitrogen and oxygen atoms in total. The van der Waals surface area contributed by atoms with Crippen molar-refractivity contribution in [2.75, 3.05) is 12.8 Å². The van der Waals surface area contributed by atoms with Crippen LogP contribution in [0.25, 0.3) is 0 Å². The number of nitrogens with one attached hydrogen (secondary N) is 1. The molecule has 1 aliphatic rings. The van der Waals surface area contributed by atoms with Crippen molar-refractivity contribution in [2.45, 2.75) is 31.6 Å². The van der Waals surface area contributed by atoms with Gasteiger partial charge in [-0.1, -0.05) is 11.8 Å². The van der Waals surface area contributed by atoms with E-state index in [2.05, 4.69) is 20.9 Å². The average Bonchev–Trinajstić information content (AvgIpc) is 2.83. The van der Waals surface area contributed by atoms with Gasteiger partial charge in [0, 0.05) is 38.8 Å². The molecule has 2 aromatic rings. The summed E-state index contributed by atoms with van der Waals surface area (Å²) in [5.74, 6) is 0. The van der Waals surface area contributed by atoms with Crippen molar-refractivity contribution in [1.29, 1.82) is 5.26 Å². The number of hydrogen-bond donors (Lipinski definition) is 1. The van der Waals surface area contributed by atoms with Gasteiger partial charge >= 0.3 is 0 Å². The number of H-pyrrole nitrogens is 1. The molecule has 1 N–H and O–H groups in total. The van der Waals surface area contributed by atoms with Crippen molar-refractivity contribution in [1.82, 2.24) is 19.4 Å². The minimum atomic E-state index is -0.0356. The minimum Gasteiger partial charge on any atom is -0.340 e. The molecule has 3 heterocycles. The maximum atomic E-state index is 12.2. The SMILES string of the molecule is CSc1nc2c(c(=O)[nH]1)CN(Cc1cc(C#N)n(C)c1C)CC2. The highest BCUT2D eigenvalue weighted by Crippen LogP contribution is 2.21. The molecular weight excluding hydrogens is 310 g/mol. The van der Waals surface area contributed by atoms with Crippen LogP contribution < -0.4 is 5.56 Å². The summed E-state index contributed by atoms with van der Waals surface area (Å²) < 4.78 is 1.91.